The molecule has 0 fully saturated rings. The largest absolute Gasteiger partial charge is 0.493 e. The van der Waals surface area contributed by atoms with Crippen molar-refractivity contribution in [3.8, 4) is 11.5 Å². The van der Waals surface area contributed by atoms with Gasteiger partial charge in [-0.05, 0) is 53.4 Å². The molecule has 174 valence electrons. The first kappa shape index (κ1) is 23.3. The van der Waals surface area contributed by atoms with Crippen LogP contribution in [0.1, 0.15) is 39.5 Å². The summed E-state index contributed by atoms with van der Waals surface area (Å²) in [6, 6.07) is 13.1. The summed E-state index contributed by atoms with van der Waals surface area (Å²) in [6.07, 6.45) is 1.61. The van der Waals surface area contributed by atoms with Crippen molar-refractivity contribution in [1.29, 1.82) is 0 Å². The standard InChI is InChI=1S/C25H28N2O4S2/c1-3-12-26(25(29)23-9-6-14-32-23)16-24(28)27-13-10-22-18(11-15-33-22)19(27)17-31-21-8-5-4-7-20(21)30-2/h4-9,11,14-15,19H,3,10,12-13,16-17H2,1-2H3/t19-/m0/s1. The maximum atomic E-state index is 13.5. The number of benzene rings is 1. The van der Waals surface area contributed by atoms with Crippen LogP contribution < -0.4 is 9.47 Å². The number of nitrogens with zero attached hydrogens (tertiary/aromatic N) is 2. The predicted octanol–water partition coefficient (Wildman–Crippen LogP) is 4.88. The van der Waals surface area contributed by atoms with E-state index in [9.17, 15) is 9.59 Å². The third-order valence-corrected chi connectivity index (χ3v) is 7.57. The molecule has 4 rings (SSSR count). The molecular weight excluding hydrogens is 456 g/mol. The van der Waals surface area contributed by atoms with Crippen LogP contribution in [0.5, 0.6) is 11.5 Å². The normalized spacial score (nSPS) is 15.1. The number of amides is 2. The van der Waals surface area contributed by atoms with Crippen LogP contribution in [0, 0.1) is 0 Å². The number of para-hydroxylation sites is 2. The molecule has 0 radical (unpaired) electrons. The molecule has 2 aromatic heterocycles. The quantitative estimate of drug-likeness (QED) is 0.435. The summed E-state index contributed by atoms with van der Waals surface area (Å²) in [7, 11) is 1.61. The molecule has 0 N–H and O–H groups in total. The Balaban J connectivity index is 1.52. The third kappa shape index (κ3) is 5.23. The van der Waals surface area contributed by atoms with Gasteiger partial charge >= 0.3 is 0 Å². The van der Waals surface area contributed by atoms with Crippen molar-refractivity contribution < 1.29 is 19.1 Å². The van der Waals surface area contributed by atoms with E-state index in [4.69, 9.17) is 9.47 Å². The summed E-state index contributed by atoms with van der Waals surface area (Å²) < 4.78 is 11.5. The van der Waals surface area contributed by atoms with Gasteiger partial charge in [-0.15, -0.1) is 22.7 Å². The number of carbonyl (C=O) groups is 2. The zero-order chi connectivity index (χ0) is 23.2. The van der Waals surface area contributed by atoms with Gasteiger partial charge in [0.2, 0.25) is 5.91 Å². The predicted molar refractivity (Wildman–Crippen MR) is 131 cm³/mol. The Hall–Kier alpha value is -2.84. The highest BCUT2D eigenvalue weighted by Gasteiger charge is 2.33. The fourth-order valence-corrected chi connectivity index (χ4v) is 5.73. The van der Waals surface area contributed by atoms with E-state index in [1.165, 1.54) is 16.2 Å². The number of fused-ring (bicyclic) bond motifs is 1. The van der Waals surface area contributed by atoms with Gasteiger partial charge in [0, 0.05) is 18.0 Å². The Morgan fingerprint density at radius 2 is 1.91 bits per heavy atom. The highest BCUT2D eigenvalue weighted by atomic mass is 32.1. The molecule has 2 amide bonds. The van der Waals surface area contributed by atoms with Gasteiger partial charge in [0.05, 0.1) is 18.0 Å². The van der Waals surface area contributed by atoms with Gasteiger partial charge in [-0.25, -0.2) is 0 Å². The van der Waals surface area contributed by atoms with Crippen LogP contribution in [0.25, 0.3) is 0 Å². The Morgan fingerprint density at radius 3 is 2.64 bits per heavy atom. The summed E-state index contributed by atoms with van der Waals surface area (Å²) in [5, 5.41) is 3.95. The van der Waals surface area contributed by atoms with Crippen molar-refractivity contribution in [2.45, 2.75) is 25.8 Å². The maximum Gasteiger partial charge on any atom is 0.264 e. The van der Waals surface area contributed by atoms with Gasteiger partial charge < -0.3 is 19.3 Å². The number of methoxy groups -OCH3 is 1. The zero-order valence-corrected chi connectivity index (χ0v) is 20.5. The Kier molecular flexibility index (Phi) is 7.67. The summed E-state index contributed by atoms with van der Waals surface area (Å²) in [4.78, 5) is 31.9. The van der Waals surface area contributed by atoms with Gasteiger partial charge in [0.15, 0.2) is 11.5 Å². The van der Waals surface area contributed by atoms with Crippen molar-refractivity contribution in [2.75, 3.05) is 33.4 Å². The van der Waals surface area contributed by atoms with E-state index in [-0.39, 0.29) is 24.4 Å². The molecule has 3 heterocycles. The molecule has 1 atom stereocenters. The van der Waals surface area contributed by atoms with E-state index in [2.05, 4.69) is 11.4 Å². The van der Waals surface area contributed by atoms with Gasteiger partial charge in [-0.1, -0.05) is 25.1 Å². The van der Waals surface area contributed by atoms with Crippen LogP contribution in [0.15, 0.2) is 53.2 Å². The fourth-order valence-electron chi connectivity index (χ4n) is 4.11. The minimum Gasteiger partial charge on any atom is -0.493 e. The van der Waals surface area contributed by atoms with Crippen molar-refractivity contribution in [1.82, 2.24) is 9.80 Å². The summed E-state index contributed by atoms with van der Waals surface area (Å²) >= 11 is 3.12. The topological polar surface area (TPSA) is 59.1 Å². The summed E-state index contributed by atoms with van der Waals surface area (Å²) in [6.45, 7) is 3.56. The minimum atomic E-state index is -0.210. The molecule has 1 aliphatic rings. The molecule has 8 heteroatoms. The minimum absolute atomic E-state index is 0.0566. The first-order valence-corrected chi connectivity index (χ1v) is 12.8. The van der Waals surface area contributed by atoms with E-state index in [1.54, 1.807) is 23.3 Å². The van der Waals surface area contributed by atoms with Crippen molar-refractivity contribution in [2.24, 2.45) is 0 Å². The average Bonchev–Trinajstić information content (AvgIpc) is 3.54. The van der Waals surface area contributed by atoms with Gasteiger partial charge in [0.1, 0.15) is 13.2 Å². The van der Waals surface area contributed by atoms with Crippen LogP contribution in [-0.2, 0) is 11.2 Å². The number of ether oxygens (including phenoxy) is 2. The highest BCUT2D eigenvalue weighted by Crippen LogP contribution is 2.35. The number of rotatable bonds is 9. The second-order valence-corrected chi connectivity index (χ2v) is 9.77. The van der Waals surface area contributed by atoms with Crippen molar-refractivity contribution in [3.05, 3.63) is 68.5 Å². The first-order valence-electron chi connectivity index (χ1n) is 11.1. The van der Waals surface area contributed by atoms with Crippen molar-refractivity contribution in [3.63, 3.8) is 0 Å². The first-order chi connectivity index (χ1) is 16.1. The maximum absolute atomic E-state index is 13.5. The molecule has 0 bridgehead atoms. The Labute approximate surface area is 202 Å². The molecule has 0 saturated carbocycles. The van der Waals surface area contributed by atoms with Crippen LogP contribution in [0.2, 0.25) is 0 Å². The molecule has 3 aromatic rings. The van der Waals surface area contributed by atoms with Crippen molar-refractivity contribution >= 4 is 34.5 Å². The molecule has 0 spiro atoms. The molecular formula is C25H28N2O4S2. The molecule has 1 aliphatic heterocycles. The van der Waals surface area contributed by atoms with Crippen LogP contribution in [-0.4, -0.2) is 55.0 Å². The molecule has 0 aliphatic carbocycles. The van der Waals surface area contributed by atoms with Crippen LogP contribution in [0.3, 0.4) is 0 Å². The zero-order valence-electron chi connectivity index (χ0n) is 18.9. The molecule has 0 saturated heterocycles. The molecule has 0 unspecified atom stereocenters. The summed E-state index contributed by atoms with van der Waals surface area (Å²) in [5.74, 6) is 1.16. The van der Waals surface area contributed by atoms with Crippen LogP contribution in [0.4, 0.5) is 0 Å². The number of thiophene rings is 2. The lowest BCUT2D eigenvalue weighted by Gasteiger charge is -2.37. The van der Waals surface area contributed by atoms with E-state index in [1.807, 2.05) is 53.6 Å². The lowest BCUT2D eigenvalue weighted by Crippen LogP contribution is -2.48. The smallest absolute Gasteiger partial charge is 0.264 e. The van der Waals surface area contributed by atoms with Gasteiger partial charge in [0.25, 0.3) is 5.91 Å². The van der Waals surface area contributed by atoms with E-state index in [0.717, 1.165) is 18.4 Å². The lowest BCUT2D eigenvalue weighted by molar-refractivity contribution is -0.135. The van der Waals surface area contributed by atoms with Gasteiger partial charge in [-0.2, -0.15) is 0 Å². The average molecular weight is 485 g/mol. The van der Waals surface area contributed by atoms with Gasteiger partial charge in [-0.3, -0.25) is 9.59 Å². The summed E-state index contributed by atoms with van der Waals surface area (Å²) in [5.41, 5.74) is 1.13. The number of hydrogen-bond donors (Lipinski definition) is 0. The van der Waals surface area contributed by atoms with E-state index >= 15 is 0 Å². The fraction of sp³-hybridized carbons (Fsp3) is 0.360. The highest BCUT2D eigenvalue weighted by molar-refractivity contribution is 7.12. The molecule has 1 aromatic carbocycles. The van der Waals surface area contributed by atoms with E-state index in [0.29, 0.717) is 36.1 Å². The number of hydrogen-bond acceptors (Lipinski definition) is 6. The lowest BCUT2D eigenvalue weighted by atomic mass is 10.0. The second kappa shape index (κ2) is 10.9. The Morgan fingerprint density at radius 1 is 1.09 bits per heavy atom. The third-order valence-electron chi connectivity index (χ3n) is 5.72. The molecule has 33 heavy (non-hydrogen) atoms. The SMILES string of the molecule is CCCN(CC(=O)N1CCc2sccc2[C@@H]1COc1ccccc1OC)C(=O)c1cccs1. The van der Waals surface area contributed by atoms with E-state index < -0.39 is 0 Å². The monoisotopic (exact) mass is 484 g/mol. The number of carbonyl (C=O) groups excluding carboxylic acids is 2. The molecule has 6 nitrogen and oxygen atoms in total. The second-order valence-electron chi connectivity index (χ2n) is 7.82. The van der Waals surface area contributed by atoms with Crippen LogP contribution >= 0.6 is 22.7 Å². The Bertz CT molecular complexity index is 1080.